The van der Waals surface area contributed by atoms with Crippen molar-refractivity contribution < 1.29 is 23.7 Å². The molecular weight excluding hydrogens is 506 g/mol. The fraction of sp³-hybridized carbons (Fsp3) is 0.188. The number of hydrogen-bond donors (Lipinski definition) is 1. The topological polar surface area (TPSA) is 83.8 Å². The van der Waals surface area contributed by atoms with Crippen molar-refractivity contribution in [3.8, 4) is 28.7 Å². The molecule has 3 aromatic carbocycles. The summed E-state index contributed by atoms with van der Waals surface area (Å²) in [6, 6.07) is 20.8. The Morgan fingerprint density at radius 3 is 1.80 bits per heavy atom. The average molecular weight is 540 g/mol. The Labute approximate surface area is 234 Å². The van der Waals surface area contributed by atoms with Gasteiger partial charge in [-0.15, -0.1) is 0 Å². The Bertz CT molecular complexity index is 1520. The van der Waals surface area contributed by atoms with E-state index in [-0.39, 0.29) is 5.91 Å². The van der Waals surface area contributed by atoms with Crippen molar-refractivity contribution in [3.63, 3.8) is 0 Å². The Morgan fingerprint density at radius 2 is 1.27 bits per heavy atom. The van der Waals surface area contributed by atoms with Gasteiger partial charge in [-0.05, 0) is 84.8 Å². The summed E-state index contributed by atoms with van der Waals surface area (Å²) in [5.41, 5.74) is 4.92. The molecule has 8 nitrogen and oxygen atoms in total. The van der Waals surface area contributed by atoms with E-state index < -0.39 is 0 Å². The van der Waals surface area contributed by atoms with Crippen molar-refractivity contribution in [2.24, 2.45) is 0 Å². The molecule has 0 spiro atoms. The summed E-state index contributed by atoms with van der Waals surface area (Å²) in [5, 5.41) is 7.66. The largest absolute Gasteiger partial charge is 0.493 e. The highest BCUT2D eigenvalue weighted by molar-refractivity contribution is 5.94. The summed E-state index contributed by atoms with van der Waals surface area (Å²) in [6.07, 6.45) is 7.88. The minimum atomic E-state index is -0.110. The van der Waals surface area contributed by atoms with Crippen LogP contribution in [-0.2, 0) is 0 Å². The van der Waals surface area contributed by atoms with Gasteiger partial charge < -0.3 is 24.3 Å². The predicted octanol–water partition coefficient (Wildman–Crippen LogP) is 6.00. The Balaban J connectivity index is 1.69. The highest BCUT2D eigenvalue weighted by Crippen LogP contribution is 2.30. The van der Waals surface area contributed by atoms with Gasteiger partial charge in [0.25, 0.3) is 5.91 Å². The van der Waals surface area contributed by atoms with Crippen LogP contribution in [0.1, 0.15) is 39.8 Å². The molecule has 0 fully saturated rings. The molecule has 1 heterocycles. The number of rotatable bonds is 11. The quantitative estimate of drug-likeness (QED) is 0.252. The zero-order valence-electron chi connectivity index (χ0n) is 23.3. The second-order valence-corrected chi connectivity index (χ2v) is 8.71. The highest BCUT2D eigenvalue weighted by Gasteiger charge is 2.10. The number of ether oxygens (including phenoxy) is 4. The summed E-state index contributed by atoms with van der Waals surface area (Å²) in [4.78, 5) is 12.2. The van der Waals surface area contributed by atoms with Gasteiger partial charge in [0, 0.05) is 12.1 Å². The lowest BCUT2D eigenvalue weighted by atomic mass is 10.1. The standard InChI is InChI=1S/C32H33N3O5/c1-6-33-32(36)24-11-15-26(16-12-24)35-27(14-8-23-10-18-29(38-3)31(20-23)40-5)21-25(34-35)13-7-22-9-17-28(37-2)30(19-22)39-4/h7-21H,6H2,1-5H3,(H,33,36)/b13-7+,14-8+. The third kappa shape index (κ3) is 6.53. The second kappa shape index (κ2) is 13.2. The number of carbonyl (C=O) groups excluding carboxylic acids is 1. The molecular formula is C32H33N3O5. The number of nitrogens with zero attached hydrogens (tertiary/aromatic N) is 2. The Morgan fingerprint density at radius 1 is 0.725 bits per heavy atom. The van der Waals surface area contributed by atoms with E-state index in [1.165, 1.54) is 0 Å². The van der Waals surface area contributed by atoms with Crippen LogP contribution < -0.4 is 24.3 Å². The maximum absolute atomic E-state index is 12.2. The lowest BCUT2D eigenvalue weighted by Crippen LogP contribution is -2.22. The lowest BCUT2D eigenvalue weighted by Gasteiger charge is -2.08. The molecule has 0 aliphatic heterocycles. The normalized spacial score (nSPS) is 11.1. The van der Waals surface area contributed by atoms with E-state index in [1.807, 2.05) is 90.5 Å². The predicted molar refractivity (Wildman–Crippen MR) is 159 cm³/mol. The number of carbonyl (C=O) groups is 1. The van der Waals surface area contributed by atoms with E-state index in [4.69, 9.17) is 24.0 Å². The molecule has 1 aromatic heterocycles. The Kier molecular flexibility index (Phi) is 9.25. The second-order valence-electron chi connectivity index (χ2n) is 8.71. The monoisotopic (exact) mass is 539 g/mol. The number of aromatic nitrogens is 2. The van der Waals surface area contributed by atoms with Crippen molar-refractivity contribution >= 4 is 30.2 Å². The summed E-state index contributed by atoms with van der Waals surface area (Å²) >= 11 is 0. The zero-order valence-corrected chi connectivity index (χ0v) is 23.3. The molecule has 1 N–H and O–H groups in total. The fourth-order valence-corrected chi connectivity index (χ4v) is 4.11. The van der Waals surface area contributed by atoms with Crippen molar-refractivity contribution in [1.29, 1.82) is 0 Å². The summed E-state index contributed by atoms with van der Waals surface area (Å²) in [5.74, 6) is 2.53. The number of nitrogens with one attached hydrogen (secondary N) is 1. The third-order valence-electron chi connectivity index (χ3n) is 6.18. The first-order valence-corrected chi connectivity index (χ1v) is 12.8. The minimum absolute atomic E-state index is 0.110. The van der Waals surface area contributed by atoms with Gasteiger partial charge in [0.2, 0.25) is 0 Å². The van der Waals surface area contributed by atoms with Crippen molar-refractivity contribution in [2.45, 2.75) is 6.92 Å². The maximum Gasteiger partial charge on any atom is 0.251 e. The van der Waals surface area contributed by atoms with Gasteiger partial charge in [-0.2, -0.15) is 5.10 Å². The molecule has 1 amide bonds. The molecule has 8 heteroatoms. The highest BCUT2D eigenvalue weighted by atomic mass is 16.5. The molecule has 4 aromatic rings. The van der Waals surface area contributed by atoms with Crippen LogP contribution >= 0.6 is 0 Å². The van der Waals surface area contributed by atoms with Gasteiger partial charge in [0.15, 0.2) is 23.0 Å². The first-order chi connectivity index (χ1) is 19.5. The average Bonchev–Trinajstić information content (AvgIpc) is 3.41. The smallest absolute Gasteiger partial charge is 0.251 e. The molecule has 0 bridgehead atoms. The molecule has 0 atom stereocenters. The molecule has 206 valence electrons. The van der Waals surface area contributed by atoms with Gasteiger partial charge >= 0.3 is 0 Å². The van der Waals surface area contributed by atoms with Crippen LogP contribution in [0.3, 0.4) is 0 Å². The van der Waals surface area contributed by atoms with Crippen LogP contribution in [0.15, 0.2) is 66.7 Å². The van der Waals surface area contributed by atoms with Crippen molar-refractivity contribution in [1.82, 2.24) is 15.1 Å². The molecule has 4 rings (SSSR count). The van der Waals surface area contributed by atoms with Gasteiger partial charge in [-0.1, -0.05) is 24.3 Å². The van der Waals surface area contributed by atoms with Crippen molar-refractivity contribution in [3.05, 3.63) is 94.8 Å². The van der Waals surface area contributed by atoms with Gasteiger partial charge in [0.05, 0.1) is 45.5 Å². The maximum atomic E-state index is 12.2. The van der Waals surface area contributed by atoms with Gasteiger partial charge in [0.1, 0.15) is 0 Å². The lowest BCUT2D eigenvalue weighted by molar-refractivity contribution is 0.0956. The van der Waals surface area contributed by atoms with Gasteiger partial charge in [-0.3, -0.25) is 4.79 Å². The van der Waals surface area contributed by atoms with Crippen molar-refractivity contribution in [2.75, 3.05) is 35.0 Å². The van der Waals surface area contributed by atoms with Crippen LogP contribution in [0.4, 0.5) is 0 Å². The molecule has 0 aliphatic carbocycles. The SMILES string of the molecule is CCNC(=O)c1ccc(-n2nc(/C=C/c3ccc(OC)c(OC)c3)cc2/C=C/c2ccc(OC)c(OC)c2)cc1. The summed E-state index contributed by atoms with van der Waals surface area (Å²) < 4.78 is 23.4. The van der Waals surface area contributed by atoms with E-state index in [9.17, 15) is 4.79 Å². The third-order valence-corrected chi connectivity index (χ3v) is 6.18. The summed E-state index contributed by atoms with van der Waals surface area (Å²) in [6.45, 7) is 2.46. The van der Waals surface area contributed by atoms with E-state index in [1.54, 1.807) is 40.6 Å². The molecule has 0 aliphatic rings. The fourth-order valence-electron chi connectivity index (χ4n) is 4.11. The Hall–Kier alpha value is -4.98. The van der Waals surface area contributed by atoms with Crippen LogP contribution in [0, 0.1) is 0 Å². The van der Waals surface area contributed by atoms with E-state index >= 15 is 0 Å². The van der Waals surface area contributed by atoms with E-state index in [0.717, 1.165) is 28.2 Å². The molecule has 0 saturated heterocycles. The van der Waals surface area contributed by atoms with Crippen LogP contribution in [0.5, 0.6) is 23.0 Å². The first kappa shape index (κ1) is 28.0. The van der Waals surface area contributed by atoms with Crippen LogP contribution in [0.2, 0.25) is 0 Å². The molecule has 0 radical (unpaired) electrons. The first-order valence-electron chi connectivity index (χ1n) is 12.8. The van der Waals surface area contributed by atoms with Crippen LogP contribution in [0.25, 0.3) is 30.0 Å². The molecule has 0 saturated carbocycles. The minimum Gasteiger partial charge on any atom is -0.493 e. The zero-order chi connectivity index (χ0) is 28.5. The number of hydrogen-bond acceptors (Lipinski definition) is 6. The van der Waals surface area contributed by atoms with E-state index in [2.05, 4.69) is 5.32 Å². The summed E-state index contributed by atoms with van der Waals surface area (Å²) in [7, 11) is 6.45. The molecule has 0 unspecified atom stereocenters. The number of methoxy groups -OCH3 is 4. The van der Waals surface area contributed by atoms with Crippen LogP contribution in [-0.4, -0.2) is 50.7 Å². The number of benzene rings is 3. The van der Waals surface area contributed by atoms with E-state index in [0.29, 0.717) is 35.1 Å². The van der Waals surface area contributed by atoms with Gasteiger partial charge in [-0.25, -0.2) is 4.68 Å². The number of amides is 1. The molecule has 40 heavy (non-hydrogen) atoms.